The van der Waals surface area contributed by atoms with E-state index in [2.05, 4.69) is 21.4 Å². The van der Waals surface area contributed by atoms with Gasteiger partial charge < -0.3 is 4.98 Å². The smallest absolute Gasteiger partial charge is 0.110 e. The van der Waals surface area contributed by atoms with E-state index < -0.39 is 0 Å². The molecule has 0 fully saturated rings. The molecule has 2 heterocycles. The monoisotopic (exact) mass is 308 g/mol. The number of imidazole rings is 1. The van der Waals surface area contributed by atoms with Crippen molar-refractivity contribution < 1.29 is 0 Å². The zero-order chi connectivity index (χ0) is 13.2. The van der Waals surface area contributed by atoms with Crippen LogP contribution in [-0.2, 0) is 6.42 Å². The van der Waals surface area contributed by atoms with Gasteiger partial charge in [-0.15, -0.1) is 11.3 Å². The first-order valence-electron chi connectivity index (χ1n) is 5.74. The number of benzene rings is 1. The zero-order valence-corrected chi connectivity index (χ0v) is 12.2. The van der Waals surface area contributed by atoms with Gasteiger partial charge in [-0.25, -0.2) is 4.98 Å². The van der Waals surface area contributed by atoms with E-state index >= 15 is 0 Å². The van der Waals surface area contributed by atoms with E-state index in [0.717, 1.165) is 17.1 Å². The van der Waals surface area contributed by atoms with Gasteiger partial charge in [0.1, 0.15) is 5.82 Å². The van der Waals surface area contributed by atoms with E-state index in [4.69, 9.17) is 23.2 Å². The number of thiophene rings is 1. The number of nitrogens with one attached hydrogen (secondary N) is 1. The van der Waals surface area contributed by atoms with E-state index in [1.165, 1.54) is 4.88 Å². The fourth-order valence-electron chi connectivity index (χ4n) is 1.85. The van der Waals surface area contributed by atoms with Crippen molar-refractivity contribution >= 4 is 34.5 Å². The first kappa shape index (κ1) is 12.7. The molecule has 0 aliphatic heterocycles. The Balaban J connectivity index is 1.82. The number of rotatable bonds is 3. The molecule has 2 aromatic heterocycles. The molecular weight excluding hydrogens is 299 g/mol. The molecule has 2 nitrogen and oxygen atoms in total. The Morgan fingerprint density at radius 2 is 2.05 bits per heavy atom. The van der Waals surface area contributed by atoms with E-state index in [-0.39, 0.29) is 0 Å². The summed E-state index contributed by atoms with van der Waals surface area (Å²) in [6.45, 7) is 0. The Labute approximate surface area is 125 Å². The van der Waals surface area contributed by atoms with Crippen LogP contribution in [0.4, 0.5) is 0 Å². The van der Waals surface area contributed by atoms with Crippen molar-refractivity contribution in [2.45, 2.75) is 6.42 Å². The predicted molar refractivity (Wildman–Crippen MR) is 81.2 cm³/mol. The summed E-state index contributed by atoms with van der Waals surface area (Å²) in [4.78, 5) is 8.90. The number of aromatic amines is 1. The average molecular weight is 309 g/mol. The van der Waals surface area contributed by atoms with E-state index in [1.54, 1.807) is 11.3 Å². The quantitative estimate of drug-likeness (QED) is 0.721. The molecule has 0 atom stereocenters. The minimum atomic E-state index is 0.573. The lowest BCUT2D eigenvalue weighted by molar-refractivity contribution is 1.03. The number of halogens is 2. The van der Waals surface area contributed by atoms with Gasteiger partial charge in [0.05, 0.1) is 26.8 Å². The zero-order valence-electron chi connectivity index (χ0n) is 9.86. The lowest BCUT2D eigenvalue weighted by Crippen LogP contribution is -1.90. The second-order valence-electron chi connectivity index (χ2n) is 4.15. The lowest BCUT2D eigenvalue weighted by atomic mass is 10.1. The molecule has 0 amide bonds. The van der Waals surface area contributed by atoms with E-state index in [0.29, 0.717) is 16.5 Å². The Bertz CT molecular complexity index is 689. The van der Waals surface area contributed by atoms with Crippen LogP contribution in [0.5, 0.6) is 0 Å². The maximum Gasteiger partial charge on any atom is 0.110 e. The van der Waals surface area contributed by atoms with Crippen molar-refractivity contribution in [3.05, 3.63) is 63.3 Å². The van der Waals surface area contributed by atoms with Crippen LogP contribution >= 0.6 is 34.5 Å². The van der Waals surface area contributed by atoms with Gasteiger partial charge in [-0.3, -0.25) is 0 Å². The summed E-state index contributed by atoms with van der Waals surface area (Å²) in [5.74, 6) is 0.918. The first-order chi connectivity index (χ1) is 9.22. The van der Waals surface area contributed by atoms with Gasteiger partial charge in [-0.1, -0.05) is 35.3 Å². The Kier molecular flexibility index (Phi) is 3.60. The van der Waals surface area contributed by atoms with Gasteiger partial charge in [0, 0.05) is 6.42 Å². The highest BCUT2D eigenvalue weighted by Gasteiger charge is 2.06. The molecular formula is C14H10Cl2N2S. The molecule has 0 aliphatic rings. The SMILES string of the molecule is Clc1ccc(Cc2ncc(-c3cccs3)[nH]2)cc1Cl. The number of nitrogens with zero attached hydrogens (tertiary/aromatic N) is 1. The van der Waals surface area contributed by atoms with Gasteiger partial charge in [0.25, 0.3) is 0 Å². The van der Waals surface area contributed by atoms with Crippen LogP contribution in [0, 0.1) is 0 Å². The van der Waals surface area contributed by atoms with Crippen LogP contribution in [0.3, 0.4) is 0 Å². The Morgan fingerprint density at radius 3 is 2.79 bits per heavy atom. The van der Waals surface area contributed by atoms with Crippen molar-refractivity contribution in [1.29, 1.82) is 0 Å². The molecule has 1 N–H and O–H groups in total. The third-order valence-corrected chi connectivity index (χ3v) is 4.41. The molecule has 0 saturated carbocycles. The van der Waals surface area contributed by atoms with Gasteiger partial charge in [0.2, 0.25) is 0 Å². The fourth-order valence-corrected chi connectivity index (χ4v) is 2.86. The molecule has 0 unspecified atom stereocenters. The van der Waals surface area contributed by atoms with Crippen molar-refractivity contribution in [1.82, 2.24) is 9.97 Å². The molecule has 3 aromatic rings. The van der Waals surface area contributed by atoms with Gasteiger partial charge >= 0.3 is 0 Å². The summed E-state index contributed by atoms with van der Waals surface area (Å²) in [7, 11) is 0. The molecule has 5 heteroatoms. The van der Waals surface area contributed by atoms with Crippen LogP contribution < -0.4 is 0 Å². The molecule has 96 valence electrons. The fraction of sp³-hybridized carbons (Fsp3) is 0.0714. The number of hydrogen-bond donors (Lipinski definition) is 1. The van der Waals surface area contributed by atoms with Crippen molar-refractivity contribution in [3.8, 4) is 10.6 Å². The third-order valence-electron chi connectivity index (χ3n) is 2.77. The first-order valence-corrected chi connectivity index (χ1v) is 7.37. The topological polar surface area (TPSA) is 28.7 Å². The third kappa shape index (κ3) is 2.84. The van der Waals surface area contributed by atoms with Crippen LogP contribution in [0.2, 0.25) is 10.0 Å². The second kappa shape index (κ2) is 5.37. The van der Waals surface area contributed by atoms with E-state index in [1.807, 2.05) is 30.5 Å². The van der Waals surface area contributed by atoms with E-state index in [9.17, 15) is 0 Å². The largest absolute Gasteiger partial charge is 0.341 e. The average Bonchev–Trinajstić information content (AvgIpc) is 3.04. The Hall–Kier alpha value is -1.29. The highest BCUT2D eigenvalue weighted by Crippen LogP contribution is 2.25. The molecule has 1 aromatic carbocycles. The summed E-state index contributed by atoms with van der Waals surface area (Å²) in [5, 5.41) is 3.20. The highest BCUT2D eigenvalue weighted by atomic mass is 35.5. The standard InChI is InChI=1S/C14H10Cl2N2S/c15-10-4-3-9(6-11(10)16)7-14-17-8-12(18-14)13-2-1-5-19-13/h1-6,8H,7H2,(H,17,18). The molecule has 19 heavy (non-hydrogen) atoms. The van der Waals surface area contributed by atoms with Crippen molar-refractivity contribution in [2.24, 2.45) is 0 Å². The van der Waals surface area contributed by atoms with Gasteiger partial charge in [-0.05, 0) is 29.1 Å². The van der Waals surface area contributed by atoms with Crippen molar-refractivity contribution in [3.63, 3.8) is 0 Å². The summed E-state index contributed by atoms with van der Waals surface area (Å²) in [6, 6.07) is 9.74. The number of hydrogen-bond acceptors (Lipinski definition) is 2. The molecule has 0 saturated heterocycles. The lowest BCUT2D eigenvalue weighted by Gasteiger charge is -2.01. The Morgan fingerprint density at radius 1 is 1.16 bits per heavy atom. The van der Waals surface area contributed by atoms with Crippen LogP contribution in [-0.4, -0.2) is 9.97 Å². The highest BCUT2D eigenvalue weighted by molar-refractivity contribution is 7.13. The maximum absolute atomic E-state index is 6.01. The maximum atomic E-state index is 6.01. The van der Waals surface area contributed by atoms with Crippen LogP contribution in [0.25, 0.3) is 10.6 Å². The summed E-state index contributed by atoms with van der Waals surface area (Å²) in [6.07, 6.45) is 2.57. The predicted octanol–water partition coefficient (Wildman–Crippen LogP) is 5.04. The summed E-state index contributed by atoms with van der Waals surface area (Å²) < 4.78 is 0. The summed E-state index contributed by atoms with van der Waals surface area (Å²) >= 11 is 13.6. The minimum absolute atomic E-state index is 0.573. The number of aromatic nitrogens is 2. The molecule has 0 spiro atoms. The van der Waals surface area contributed by atoms with Crippen LogP contribution in [0.15, 0.2) is 41.9 Å². The number of H-pyrrole nitrogens is 1. The van der Waals surface area contributed by atoms with Gasteiger partial charge in [0.15, 0.2) is 0 Å². The molecule has 0 bridgehead atoms. The normalized spacial score (nSPS) is 10.8. The summed E-state index contributed by atoms with van der Waals surface area (Å²) in [5.41, 5.74) is 2.13. The second-order valence-corrected chi connectivity index (χ2v) is 5.91. The molecule has 0 radical (unpaired) electrons. The molecule has 3 rings (SSSR count). The molecule has 0 aliphatic carbocycles. The van der Waals surface area contributed by atoms with Gasteiger partial charge in [-0.2, -0.15) is 0 Å². The van der Waals surface area contributed by atoms with Crippen LogP contribution in [0.1, 0.15) is 11.4 Å². The van der Waals surface area contributed by atoms with Crippen molar-refractivity contribution in [2.75, 3.05) is 0 Å². The minimum Gasteiger partial charge on any atom is -0.341 e.